The molecule has 1 amide bonds. The molecule has 0 saturated carbocycles. The predicted molar refractivity (Wildman–Crippen MR) is 105 cm³/mol. The van der Waals surface area contributed by atoms with Crippen LogP contribution in [0.3, 0.4) is 0 Å². The molecule has 1 saturated heterocycles. The largest absolute Gasteiger partial charge is 0.396 e. The van der Waals surface area contributed by atoms with E-state index >= 15 is 0 Å². The van der Waals surface area contributed by atoms with Gasteiger partial charge < -0.3 is 14.5 Å². The van der Waals surface area contributed by atoms with Gasteiger partial charge in [0.1, 0.15) is 0 Å². The first-order valence-corrected chi connectivity index (χ1v) is 9.54. The van der Waals surface area contributed by atoms with Crippen LogP contribution in [-0.4, -0.2) is 51.0 Å². The van der Waals surface area contributed by atoms with E-state index in [-0.39, 0.29) is 37.3 Å². The van der Waals surface area contributed by atoms with E-state index in [1.54, 1.807) is 17.0 Å². The van der Waals surface area contributed by atoms with E-state index in [0.717, 1.165) is 11.1 Å². The SMILES string of the molecule is O=C1C[C@H](Cc2nc(CCO)no2)N(C(=O)c2ccc(-c3ccccc3)cc2)C1. The normalized spacial score (nSPS) is 16.4. The van der Waals surface area contributed by atoms with Crippen molar-refractivity contribution in [3.63, 3.8) is 0 Å². The summed E-state index contributed by atoms with van der Waals surface area (Å²) in [4.78, 5) is 30.9. The number of hydrogen-bond acceptors (Lipinski definition) is 6. The lowest BCUT2D eigenvalue weighted by Gasteiger charge is -2.22. The quantitative estimate of drug-likeness (QED) is 0.693. The van der Waals surface area contributed by atoms with Gasteiger partial charge in [0.2, 0.25) is 5.89 Å². The molecule has 0 bridgehead atoms. The van der Waals surface area contributed by atoms with Crippen molar-refractivity contribution < 1.29 is 19.2 Å². The first kappa shape index (κ1) is 19.0. The number of likely N-dealkylation sites (tertiary alicyclic amines) is 1. The molecule has 0 spiro atoms. The smallest absolute Gasteiger partial charge is 0.254 e. The van der Waals surface area contributed by atoms with Gasteiger partial charge in [0.05, 0.1) is 13.2 Å². The minimum absolute atomic E-state index is 0.0133. The van der Waals surface area contributed by atoms with Crippen molar-refractivity contribution in [2.24, 2.45) is 0 Å². The summed E-state index contributed by atoms with van der Waals surface area (Å²) in [5.41, 5.74) is 2.64. The maximum Gasteiger partial charge on any atom is 0.254 e. The van der Waals surface area contributed by atoms with Gasteiger partial charge in [0.25, 0.3) is 5.91 Å². The summed E-state index contributed by atoms with van der Waals surface area (Å²) in [7, 11) is 0. The Morgan fingerprint density at radius 3 is 2.55 bits per heavy atom. The summed E-state index contributed by atoms with van der Waals surface area (Å²) in [6.07, 6.45) is 0.896. The van der Waals surface area contributed by atoms with Crippen molar-refractivity contribution >= 4 is 11.7 Å². The zero-order valence-corrected chi connectivity index (χ0v) is 15.8. The minimum Gasteiger partial charge on any atom is -0.396 e. The lowest BCUT2D eigenvalue weighted by atomic mass is 10.0. The standard InChI is InChI=1S/C22H21N3O4/c26-11-10-20-23-21(29-24-20)13-18-12-19(27)14-25(18)22(28)17-8-6-16(7-9-17)15-4-2-1-3-5-15/h1-9,18,26H,10-14H2/t18-/m1/s1. The van der Waals surface area contributed by atoms with E-state index in [1.807, 2.05) is 42.5 Å². The molecule has 148 valence electrons. The first-order valence-electron chi connectivity index (χ1n) is 9.54. The van der Waals surface area contributed by atoms with Crippen LogP contribution < -0.4 is 0 Å². The number of ketones is 1. The molecule has 1 aliphatic heterocycles. The van der Waals surface area contributed by atoms with E-state index in [4.69, 9.17) is 9.63 Å². The summed E-state index contributed by atoms with van der Waals surface area (Å²) in [5.74, 6) is 0.612. The summed E-state index contributed by atoms with van der Waals surface area (Å²) in [5, 5.41) is 12.8. The third-order valence-electron chi connectivity index (χ3n) is 5.01. The summed E-state index contributed by atoms with van der Waals surface area (Å²) < 4.78 is 5.19. The van der Waals surface area contributed by atoms with Crippen molar-refractivity contribution in [3.05, 3.63) is 71.9 Å². The van der Waals surface area contributed by atoms with Gasteiger partial charge in [-0.3, -0.25) is 9.59 Å². The second-order valence-electron chi connectivity index (χ2n) is 7.06. The van der Waals surface area contributed by atoms with Gasteiger partial charge in [-0.2, -0.15) is 4.98 Å². The number of Topliss-reactive ketones (excluding diaryl/α,β-unsaturated/α-hetero) is 1. The average molecular weight is 391 g/mol. The number of benzene rings is 2. The molecule has 4 rings (SSSR count). The van der Waals surface area contributed by atoms with Gasteiger partial charge in [0, 0.05) is 30.9 Å². The molecule has 1 aromatic heterocycles. The summed E-state index contributed by atoms with van der Waals surface area (Å²) >= 11 is 0. The molecule has 0 radical (unpaired) electrons. The lowest BCUT2D eigenvalue weighted by molar-refractivity contribution is -0.116. The van der Waals surface area contributed by atoms with Crippen molar-refractivity contribution in [3.8, 4) is 11.1 Å². The number of aliphatic hydroxyl groups is 1. The van der Waals surface area contributed by atoms with Gasteiger partial charge in [0.15, 0.2) is 11.6 Å². The van der Waals surface area contributed by atoms with Crippen molar-refractivity contribution in [1.82, 2.24) is 15.0 Å². The molecule has 7 heteroatoms. The molecule has 1 fully saturated rings. The average Bonchev–Trinajstić information content (AvgIpc) is 3.34. The number of rotatable bonds is 6. The van der Waals surface area contributed by atoms with Gasteiger partial charge in [-0.05, 0) is 23.3 Å². The van der Waals surface area contributed by atoms with Crippen LogP contribution in [-0.2, 0) is 17.6 Å². The molecule has 0 aliphatic carbocycles. The Morgan fingerprint density at radius 1 is 1.10 bits per heavy atom. The molecule has 0 unspecified atom stereocenters. The third kappa shape index (κ3) is 4.25. The Morgan fingerprint density at radius 2 is 1.83 bits per heavy atom. The van der Waals surface area contributed by atoms with Crippen molar-refractivity contribution in [1.29, 1.82) is 0 Å². The Kier molecular flexibility index (Phi) is 5.48. The Labute approximate surface area is 168 Å². The topological polar surface area (TPSA) is 96.5 Å². The van der Waals surface area contributed by atoms with E-state index in [2.05, 4.69) is 10.1 Å². The zero-order chi connectivity index (χ0) is 20.2. The van der Waals surface area contributed by atoms with Crippen LogP contribution in [0.1, 0.15) is 28.5 Å². The van der Waals surface area contributed by atoms with Crippen LogP contribution >= 0.6 is 0 Å². The number of nitrogens with zero attached hydrogens (tertiary/aromatic N) is 3. The second-order valence-corrected chi connectivity index (χ2v) is 7.06. The van der Waals surface area contributed by atoms with E-state index in [1.165, 1.54) is 0 Å². The maximum absolute atomic E-state index is 13.0. The van der Waals surface area contributed by atoms with Gasteiger partial charge in [-0.15, -0.1) is 0 Å². The fraction of sp³-hybridized carbons (Fsp3) is 0.273. The number of carbonyl (C=O) groups excluding carboxylic acids is 2. The number of amides is 1. The Hall–Kier alpha value is -3.32. The fourth-order valence-corrected chi connectivity index (χ4v) is 3.55. The fourth-order valence-electron chi connectivity index (χ4n) is 3.55. The van der Waals surface area contributed by atoms with Gasteiger partial charge in [-0.1, -0.05) is 47.6 Å². The third-order valence-corrected chi connectivity index (χ3v) is 5.01. The van der Waals surface area contributed by atoms with Crippen LogP contribution in [0.4, 0.5) is 0 Å². The van der Waals surface area contributed by atoms with E-state index < -0.39 is 0 Å². The Bertz CT molecular complexity index is 998. The predicted octanol–water partition coefficient (Wildman–Crippen LogP) is 2.30. The number of carbonyl (C=O) groups is 2. The van der Waals surface area contributed by atoms with Crippen LogP contribution in [0.2, 0.25) is 0 Å². The van der Waals surface area contributed by atoms with Crippen molar-refractivity contribution in [2.45, 2.75) is 25.3 Å². The van der Waals surface area contributed by atoms with Crippen LogP contribution in [0.5, 0.6) is 0 Å². The number of aliphatic hydroxyl groups excluding tert-OH is 1. The molecule has 1 atom stereocenters. The maximum atomic E-state index is 13.0. The van der Waals surface area contributed by atoms with E-state index in [0.29, 0.717) is 30.1 Å². The summed E-state index contributed by atoms with van der Waals surface area (Å²) in [6, 6.07) is 17.0. The second kappa shape index (κ2) is 8.36. The van der Waals surface area contributed by atoms with Gasteiger partial charge >= 0.3 is 0 Å². The summed E-state index contributed by atoms with van der Waals surface area (Å²) in [6.45, 7) is 0.0199. The number of aromatic nitrogens is 2. The molecule has 29 heavy (non-hydrogen) atoms. The van der Waals surface area contributed by atoms with Crippen LogP contribution in [0.25, 0.3) is 11.1 Å². The first-order chi connectivity index (χ1) is 14.1. The molecule has 7 nitrogen and oxygen atoms in total. The molecular formula is C22H21N3O4. The highest BCUT2D eigenvalue weighted by Crippen LogP contribution is 2.24. The highest BCUT2D eigenvalue weighted by molar-refractivity contribution is 5.99. The van der Waals surface area contributed by atoms with Crippen LogP contribution in [0.15, 0.2) is 59.1 Å². The minimum atomic E-state index is -0.314. The van der Waals surface area contributed by atoms with Crippen LogP contribution in [0, 0.1) is 0 Å². The Balaban J connectivity index is 1.49. The molecule has 1 N–H and O–H groups in total. The molecular weight excluding hydrogens is 370 g/mol. The van der Waals surface area contributed by atoms with Gasteiger partial charge in [-0.25, -0.2) is 0 Å². The monoisotopic (exact) mass is 391 g/mol. The molecule has 1 aliphatic rings. The van der Waals surface area contributed by atoms with Crippen molar-refractivity contribution in [2.75, 3.05) is 13.2 Å². The highest BCUT2D eigenvalue weighted by Gasteiger charge is 2.35. The lowest BCUT2D eigenvalue weighted by Crippen LogP contribution is -2.37. The van der Waals surface area contributed by atoms with E-state index in [9.17, 15) is 9.59 Å². The molecule has 3 aromatic rings. The molecule has 2 aromatic carbocycles. The zero-order valence-electron chi connectivity index (χ0n) is 15.8. The number of hydrogen-bond donors (Lipinski definition) is 1. The molecule has 2 heterocycles. The highest BCUT2D eigenvalue weighted by atomic mass is 16.5.